The van der Waals surface area contributed by atoms with Crippen molar-refractivity contribution in [3.05, 3.63) is 57.6 Å². The molecule has 1 N–H and O–H groups in total. The third-order valence-electron chi connectivity index (χ3n) is 5.18. The van der Waals surface area contributed by atoms with Gasteiger partial charge in [0.2, 0.25) is 0 Å². The van der Waals surface area contributed by atoms with Gasteiger partial charge >= 0.3 is 0 Å². The zero-order chi connectivity index (χ0) is 16.8. The maximum absolute atomic E-state index is 3.62. The van der Waals surface area contributed by atoms with E-state index in [9.17, 15) is 0 Å². The lowest BCUT2D eigenvalue weighted by Gasteiger charge is -2.37. The van der Waals surface area contributed by atoms with E-state index >= 15 is 0 Å². The molecule has 2 nitrogen and oxygen atoms in total. The summed E-state index contributed by atoms with van der Waals surface area (Å²) in [5.41, 5.74) is 11.3. The van der Waals surface area contributed by atoms with Gasteiger partial charge in [0.25, 0.3) is 0 Å². The Morgan fingerprint density at radius 2 is 1.08 bits per heavy atom. The number of rotatable bonds is 2. The van der Waals surface area contributed by atoms with Crippen molar-refractivity contribution in [3.8, 4) is 0 Å². The van der Waals surface area contributed by atoms with Gasteiger partial charge in [-0.2, -0.15) is 0 Å². The lowest BCUT2D eigenvalue weighted by Crippen LogP contribution is -2.45. The van der Waals surface area contributed by atoms with E-state index in [1.165, 1.54) is 44.8 Å². The van der Waals surface area contributed by atoms with Crippen LogP contribution in [0.25, 0.3) is 0 Å². The Morgan fingerprint density at radius 3 is 1.38 bits per heavy atom. The molecule has 24 heavy (non-hydrogen) atoms. The van der Waals surface area contributed by atoms with Crippen LogP contribution in [0.1, 0.15) is 33.4 Å². The average Bonchev–Trinajstić information content (AvgIpc) is 2.85. The second kappa shape index (κ2) is 6.87. The number of quaternary nitrogens is 1. The summed E-state index contributed by atoms with van der Waals surface area (Å²) in [6, 6.07) is 9.33. The Kier molecular flexibility index (Phi) is 5.44. The minimum absolute atomic E-state index is 0. The normalized spacial score (nSPS) is 16.1. The van der Waals surface area contributed by atoms with Gasteiger partial charge < -0.3 is 0 Å². The second-order valence-corrected chi connectivity index (χ2v) is 7.34. The number of nitrogens with zero attached hydrogens (tertiary/aromatic N) is 1. The molecule has 0 radical (unpaired) electrons. The average molecular weight is 346 g/mol. The molecular formula is C21H30ClN2+. The molecule has 0 atom stereocenters. The van der Waals surface area contributed by atoms with Crippen LogP contribution in [0.15, 0.2) is 24.3 Å². The molecule has 2 aromatic rings. The zero-order valence-corrected chi connectivity index (χ0v) is 16.6. The summed E-state index contributed by atoms with van der Waals surface area (Å²) < 4.78 is 0.940. The van der Waals surface area contributed by atoms with Crippen molar-refractivity contribution in [1.29, 1.82) is 0 Å². The summed E-state index contributed by atoms with van der Waals surface area (Å²) in [7, 11) is 0. The fourth-order valence-corrected chi connectivity index (χ4v) is 4.81. The largest absolute Gasteiger partial charge is 0.264 e. The van der Waals surface area contributed by atoms with Gasteiger partial charge in [0.15, 0.2) is 0 Å². The van der Waals surface area contributed by atoms with Crippen molar-refractivity contribution in [2.75, 3.05) is 19.8 Å². The predicted octanol–water partition coefficient (Wildman–Crippen LogP) is 5.16. The van der Waals surface area contributed by atoms with Crippen LogP contribution in [0.5, 0.6) is 0 Å². The van der Waals surface area contributed by atoms with Gasteiger partial charge in [-0.15, -0.1) is 12.4 Å². The monoisotopic (exact) mass is 345 g/mol. The first-order valence-corrected chi connectivity index (χ1v) is 8.60. The van der Waals surface area contributed by atoms with Crippen molar-refractivity contribution in [2.45, 2.75) is 41.5 Å². The summed E-state index contributed by atoms with van der Waals surface area (Å²) in [6.45, 7) is 16.6. The fourth-order valence-electron chi connectivity index (χ4n) is 4.81. The van der Waals surface area contributed by atoms with Crippen LogP contribution in [-0.4, -0.2) is 19.8 Å². The first kappa shape index (κ1) is 19.0. The molecule has 2 aromatic carbocycles. The predicted molar refractivity (Wildman–Crippen MR) is 108 cm³/mol. The molecule has 0 bridgehead atoms. The lowest BCUT2D eigenvalue weighted by molar-refractivity contribution is 0.452. The van der Waals surface area contributed by atoms with Gasteiger partial charge in [-0.25, -0.2) is 4.48 Å². The van der Waals surface area contributed by atoms with Gasteiger partial charge in [0.1, 0.15) is 24.6 Å². The third-order valence-corrected chi connectivity index (χ3v) is 5.18. The molecule has 0 spiro atoms. The summed E-state index contributed by atoms with van der Waals surface area (Å²) >= 11 is 0. The zero-order valence-electron chi connectivity index (χ0n) is 15.8. The van der Waals surface area contributed by atoms with Crippen LogP contribution in [0.3, 0.4) is 0 Å². The molecule has 1 saturated heterocycles. The Bertz CT molecular complexity index is 653. The molecule has 0 saturated carbocycles. The molecule has 3 heteroatoms. The summed E-state index contributed by atoms with van der Waals surface area (Å²) in [5.74, 6) is 0. The Balaban J connectivity index is 0.00000208. The van der Waals surface area contributed by atoms with Crippen LogP contribution < -0.4 is 9.80 Å². The number of aryl methyl sites for hydroxylation is 6. The molecule has 0 aromatic heterocycles. The smallest absolute Gasteiger partial charge is 0.144 e. The van der Waals surface area contributed by atoms with E-state index in [0.29, 0.717) is 0 Å². The first-order chi connectivity index (χ1) is 10.8. The van der Waals surface area contributed by atoms with E-state index in [1.54, 1.807) is 0 Å². The third kappa shape index (κ3) is 2.99. The molecule has 1 aliphatic rings. The van der Waals surface area contributed by atoms with Gasteiger partial charge in [-0.1, -0.05) is 35.4 Å². The Morgan fingerprint density at radius 1 is 0.708 bits per heavy atom. The van der Waals surface area contributed by atoms with E-state index in [0.717, 1.165) is 24.2 Å². The molecule has 0 aliphatic carbocycles. The topological polar surface area (TPSA) is 12.0 Å². The van der Waals surface area contributed by atoms with Crippen LogP contribution in [-0.2, 0) is 0 Å². The lowest BCUT2D eigenvalue weighted by atomic mass is 9.97. The van der Waals surface area contributed by atoms with Crippen molar-refractivity contribution >= 4 is 23.8 Å². The van der Waals surface area contributed by atoms with Crippen molar-refractivity contribution in [1.82, 2.24) is 9.80 Å². The summed E-state index contributed by atoms with van der Waals surface area (Å²) in [4.78, 5) is 0. The highest BCUT2D eigenvalue weighted by Gasteiger charge is 2.41. The summed E-state index contributed by atoms with van der Waals surface area (Å²) in [6.07, 6.45) is 0. The quantitative estimate of drug-likeness (QED) is 0.741. The molecular weight excluding hydrogens is 316 g/mol. The van der Waals surface area contributed by atoms with Gasteiger partial charge in [0.05, 0.1) is 6.54 Å². The highest BCUT2D eigenvalue weighted by molar-refractivity contribution is 5.85. The molecule has 1 heterocycles. The number of nitrogens with one attached hydrogen (secondary N) is 1. The summed E-state index contributed by atoms with van der Waals surface area (Å²) in [5, 5.41) is 3.62. The molecule has 3 rings (SSSR count). The van der Waals surface area contributed by atoms with E-state index < -0.39 is 0 Å². The fraction of sp³-hybridized carbons (Fsp3) is 0.429. The standard InChI is InChI=1S/C21H29N2.ClH/c1-14-9-16(3)20(17(4)10-14)23(8-7-22-13-23)21-18(5)11-15(2)12-19(21)6;/h9-12,22H,7-8,13H2,1-6H3;1H/q+1;. The number of benzene rings is 2. The van der Waals surface area contributed by atoms with Crippen LogP contribution in [0.4, 0.5) is 11.4 Å². The second-order valence-electron chi connectivity index (χ2n) is 7.34. The van der Waals surface area contributed by atoms with Crippen molar-refractivity contribution in [3.63, 3.8) is 0 Å². The number of hydrogen-bond acceptors (Lipinski definition) is 1. The van der Waals surface area contributed by atoms with E-state index in [1.807, 2.05) is 0 Å². The Labute approximate surface area is 152 Å². The number of hydrogen-bond donors (Lipinski definition) is 1. The molecule has 130 valence electrons. The van der Waals surface area contributed by atoms with Crippen LogP contribution >= 0.6 is 12.4 Å². The van der Waals surface area contributed by atoms with Crippen molar-refractivity contribution in [2.24, 2.45) is 0 Å². The maximum atomic E-state index is 3.62. The first-order valence-electron chi connectivity index (χ1n) is 8.60. The van der Waals surface area contributed by atoms with Gasteiger partial charge in [0, 0.05) is 22.3 Å². The van der Waals surface area contributed by atoms with E-state index in [-0.39, 0.29) is 12.4 Å². The van der Waals surface area contributed by atoms with Crippen LogP contribution in [0, 0.1) is 41.5 Å². The minimum atomic E-state index is 0. The molecule has 0 amide bonds. The minimum Gasteiger partial charge on any atom is -0.264 e. The maximum Gasteiger partial charge on any atom is 0.144 e. The van der Waals surface area contributed by atoms with Crippen LogP contribution in [0.2, 0.25) is 0 Å². The van der Waals surface area contributed by atoms with Gasteiger partial charge in [-0.3, -0.25) is 5.32 Å². The number of halogens is 1. The molecule has 0 unspecified atom stereocenters. The van der Waals surface area contributed by atoms with E-state index in [4.69, 9.17) is 0 Å². The highest BCUT2D eigenvalue weighted by atomic mass is 35.5. The highest BCUT2D eigenvalue weighted by Crippen LogP contribution is 2.44. The van der Waals surface area contributed by atoms with Crippen molar-refractivity contribution < 1.29 is 0 Å². The molecule has 1 fully saturated rings. The Hall–Kier alpha value is -1.35. The molecule has 1 aliphatic heterocycles. The van der Waals surface area contributed by atoms with E-state index in [2.05, 4.69) is 71.1 Å². The SMILES string of the molecule is Cc1cc(C)c([N+]2(c3c(C)cc(C)cc3C)CCNC2)c(C)c1.Cl. The van der Waals surface area contributed by atoms with Gasteiger partial charge in [-0.05, 0) is 41.5 Å².